The van der Waals surface area contributed by atoms with E-state index in [9.17, 15) is 5.26 Å². The smallest absolute Gasteiger partial charge is 0.232 e. The van der Waals surface area contributed by atoms with Crippen LogP contribution in [-0.2, 0) is 12.8 Å². The summed E-state index contributed by atoms with van der Waals surface area (Å²) in [6.45, 7) is 1.87. The minimum Gasteiger partial charge on any atom is -0.316 e. The molecule has 0 atom stereocenters. The Morgan fingerprint density at radius 1 is 1.00 bits per heavy atom. The van der Waals surface area contributed by atoms with E-state index in [1.165, 1.54) is 38.5 Å². The van der Waals surface area contributed by atoms with E-state index in [4.69, 9.17) is 0 Å². The van der Waals surface area contributed by atoms with Gasteiger partial charge in [0.2, 0.25) is 5.82 Å². The Labute approximate surface area is 162 Å². The van der Waals surface area contributed by atoms with Crippen LogP contribution >= 0.6 is 0 Å². The fourth-order valence-corrected chi connectivity index (χ4v) is 3.76. The third kappa shape index (κ3) is 6.41. The molecule has 2 aromatic heterocycles. The van der Waals surface area contributed by atoms with Gasteiger partial charge in [0, 0.05) is 42.2 Å². The highest BCUT2D eigenvalue weighted by Gasteiger charge is 2.17. The maximum atomic E-state index is 9.30. The molecular weight excluding hydrogens is 334 g/mol. The highest BCUT2D eigenvalue weighted by atomic mass is 14.9. The predicted octanol–water partition coefficient (Wildman–Crippen LogP) is 3.95. The van der Waals surface area contributed by atoms with Gasteiger partial charge in [0.25, 0.3) is 0 Å². The summed E-state index contributed by atoms with van der Waals surface area (Å²) in [6, 6.07) is 10.3. The molecule has 5 nitrogen and oxygen atoms in total. The molecule has 0 spiro atoms. The zero-order chi connectivity index (χ0) is 18.7. The standard InChI is InChI=1S/C22H29N5/c23-17-22-26-20(16-21(27-22)18-8-3-1-2-4-9-18)11-7-13-24-15-12-19-10-5-6-14-25-19/h5-6,10,14,16,18,24H,1-4,7-9,11-13,15H2. The molecule has 27 heavy (non-hydrogen) atoms. The molecule has 2 heterocycles. The normalized spacial score (nSPS) is 15.2. The quantitative estimate of drug-likeness (QED) is 0.568. The first-order valence-electron chi connectivity index (χ1n) is 10.2. The Balaban J connectivity index is 1.47. The van der Waals surface area contributed by atoms with Gasteiger partial charge in [0.15, 0.2) is 0 Å². The van der Waals surface area contributed by atoms with Crippen LogP contribution in [0.3, 0.4) is 0 Å². The molecule has 0 aliphatic heterocycles. The molecule has 0 amide bonds. The number of hydrogen-bond donors (Lipinski definition) is 1. The summed E-state index contributed by atoms with van der Waals surface area (Å²) in [7, 11) is 0. The van der Waals surface area contributed by atoms with Crippen molar-refractivity contribution in [3.05, 3.63) is 53.4 Å². The van der Waals surface area contributed by atoms with Gasteiger partial charge in [-0.05, 0) is 50.4 Å². The second kappa shape index (κ2) is 10.7. The topological polar surface area (TPSA) is 74.5 Å². The van der Waals surface area contributed by atoms with Gasteiger partial charge in [0.05, 0.1) is 0 Å². The fourth-order valence-electron chi connectivity index (χ4n) is 3.76. The van der Waals surface area contributed by atoms with Gasteiger partial charge in [-0.3, -0.25) is 4.98 Å². The minimum atomic E-state index is 0.329. The predicted molar refractivity (Wildman–Crippen MR) is 106 cm³/mol. The van der Waals surface area contributed by atoms with Crippen molar-refractivity contribution in [2.45, 2.75) is 63.7 Å². The van der Waals surface area contributed by atoms with Crippen LogP contribution in [0, 0.1) is 11.3 Å². The van der Waals surface area contributed by atoms with E-state index in [0.29, 0.717) is 11.7 Å². The molecule has 3 rings (SSSR count). The zero-order valence-electron chi connectivity index (χ0n) is 16.0. The second-order valence-corrected chi connectivity index (χ2v) is 7.33. The van der Waals surface area contributed by atoms with Crippen molar-refractivity contribution in [2.24, 2.45) is 0 Å². The maximum Gasteiger partial charge on any atom is 0.232 e. The summed E-state index contributed by atoms with van der Waals surface area (Å²) >= 11 is 0. The van der Waals surface area contributed by atoms with Crippen LogP contribution in [0.2, 0.25) is 0 Å². The average Bonchev–Trinajstić information content (AvgIpc) is 3.01. The molecule has 142 valence electrons. The van der Waals surface area contributed by atoms with Crippen LogP contribution in [-0.4, -0.2) is 28.0 Å². The summed E-state index contributed by atoms with van der Waals surface area (Å²) < 4.78 is 0. The lowest BCUT2D eigenvalue weighted by Crippen LogP contribution is -2.19. The molecule has 1 aliphatic carbocycles. The molecule has 5 heteroatoms. The first-order chi connectivity index (χ1) is 13.3. The first kappa shape index (κ1) is 19.4. The molecular formula is C22H29N5. The highest BCUT2D eigenvalue weighted by Crippen LogP contribution is 2.30. The average molecular weight is 364 g/mol. The second-order valence-electron chi connectivity index (χ2n) is 7.33. The third-order valence-electron chi connectivity index (χ3n) is 5.24. The molecule has 2 aromatic rings. The highest BCUT2D eigenvalue weighted by molar-refractivity contribution is 5.21. The Hall–Kier alpha value is -2.32. The van der Waals surface area contributed by atoms with Crippen molar-refractivity contribution in [2.75, 3.05) is 13.1 Å². The van der Waals surface area contributed by atoms with Crippen molar-refractivity contribution in [3.63, 3.8) is 0 Å². The number of nitrogens with zero attached hydrogens (tertiary/aromatic N) is 4. The Bertz CT molecular complexity index is 730. The Morgan fingerprint density at radius 2 is 1.85 bits per heavy atom. The van der Waals surface area contributed by atoms with E-state index in [2.05, 4.69) is 38.5 Å². The lowest BCUT2D eigenvalue weighted by molar-refractivity contribution is 0.572. The van der Waals surface area contributed by atoms with E-state index in [1.54, 1.807) is 0 Å². The van der Waals surface area contributed by atoms with Crippen LogP contribution in [0.15, 0.2) is 30.5 Å². The third-order valence-corrected chi connectivity index (χ3v) is 5.24. The van der Waals surface area contributed by atoms with Crippen molar-refractivity contribution < 1.29 is 0 Å². The van der Waals surface area contributed by atoms with Crippen LogP contribution in [0.4, 0.5) is 0 Å². The van der Waals surface area contributed by atoms with Crippen molar-refractivity contribution in [1.29, 1.82) is 5.26 Å². The van der Waals surface area contributed by atoms with Crippen molar-refractivity contribution >= 4 is 0 Å². The molecule has 1 N–H and O–H groups in total. The molecule has 0 saturated heterocycles. The van der Waals surface area contributed by atoms with Gasteiger partial charge < -0.3 is 5.32 Å². The summed E-state index contributed by atoms with van der Waals surface area (Å²) in [5.74, 6) is 0.827. The molecule has 0 bridgehead atoms. The molecule has 0 radical (unpaired) electrons. The number of nitrogens with one attached hydrogen (secondary N) is 1. The Morgan fingerprint density at radius 3 is 2.59 bits per heavy atom. The Kier molecular flexibility index (Phi) is 7.73. The zero-order valence-corrected chi connectivity index (χ0v) is 16.0. The van der Waals surface area contributed by atoms with Crippen LogP contribution < -0.4 is 5.32 Å². The monoisotopic (exact) mass is 363 g/mol. The molecule has 1 saturated carbocycles. The van der Waals surface area contributed by atoms with E-state index in [-0.39, 0.29) is 0 Å². The molecule has 1 fully saturated rings. The molecule has 1 aliphatic rings. The SMILES string of the molecule is N#Cc1nc(CCCNCCc2ccccn2)cc(C2CCCCCC2)n1. The number of nitriles is 1. The summed E-state index contributed by atoms with van der Waals surface area (Å²) in [5, 5.41) is 12.8. The number of aryl methyl sites for hydroxylation is 1. The number of hydrogen-bond acceptors (Lipinski definition) is 5. The van der Waals surface area contributed by atoms with Crippen LogP contribution in [0.1, 0.15) is 73.8 Å². The number of pyridine rings is 1. The maximum absolute atomic E-state index is 9.30. The lowest BCUT2D eigenvalue weighted by atomic mass is 9.95. The van der Waals surface area contributed by atoms with E-state index in [1.807, 2.05) is 18.3 Å². The van der Waals surface area contributed by atoms with Crippen LogP contribution in [0.25, 0.3) is 0 Å². The van der Waals surface area contributed by atoms with Gasteiger partial charge >= 0.3 is 0 Å². The van der Waals surface area contributed by atoms with Crippen molar-refractivity contribution in [1.82, 2.24) is 20.3 Å². The minimum absolute atomic E-state index is 0.329. The lowest BCUT2D eigenvalue weighted by Gasteiger charge is -2.14. The summed E-state index contributed by atoms with van der Waals surface area (Å²) in [5.41, 5.74) is 3.21. The van der Waals surface area contributed by atoms with E-state index >= 15 is 0 Å². The van der Waals surface area contributed by atoms with Crippen molar-refractivity contribution in [3.8, 4) is 6.07 Å². The van der Waals surface area contributed by atoms with Gasteiger partial charge in [0.1, 0.15) is 6.07 Å². The largest absolute Gasteiger partial charge is 0.316 e. The number of rotatable bonds is 8. The number of aromatic nitrogens is 3. The van der Waals surface area contributed by atoms with Gasteiger partial charge in [-0.1, -0.05) is 31.7 Å². The van der Waals surface area contributed by atoms with Gasteiger partial charge in [-0.25, -0.2) is 9.97 Å². The molecule has 0 unspecified atom stereocenters. The van der Waals surface area contributed by atoms with Crippen LogP contribution in [0.5, 0.6) is 0 Å². The van der Waals surface area contributed by atoms with E-state index < -0.39 is 0 Å². The first-order valence-corrected chi connectivity index (χ1v) is 10.2. The summed E-state index contributed by atoms with van der Waals surface area (Å²) in [4.78, 5) is 13.3. The molecule has 0 aromatic carbocycles. The fraction of sp³-hybridized carbons (Fsp3) is 0.545. The van der Waals surface area contributed by atoms with Gasteiger partial charge in [-0.2, -0.15) is 5.26 Å². The summed E-state index contributed by atoms with van der Waals surface area (Å²) in [6.07, 6.45) is 12.2. The van der Waals surface area contributed by atoms with E-state index in [0.717, 1.165) is 49.4 Å². The van der Waals surface area contributed by atoms with Gasteiger partial charge in [-0.15, -0.1) is 0 Å².